The number of rotatable bonds is 11. The van der Waals surface area contributed by atoms with Crippen molar-refractivity contribution in [2.75, 3.05) is 0 Å². The average molecular weight is 1160 g/mol. The van der Waals surface area contributed by atoms with Crippen LogP contribution in [0.25, 0.3) is 95.0 Å². The maximum atomic E-state index is 12.9. The van der Waals surface area contributed by atoms with E-state index in [0.29, 0.717) is 28.4 Å². The zero-order valence-electron chi connectivity index (χ0n) is 45.1. The van der Waals surface area contributed by atoms with E-state index in [1.165, 1.54) is 43.2 Å². The first kappa shape index (κ1) is 47.6. The Morgan fingerprint density at radius 2 is 1.19 bits per heavy atom. The third-order valence-electron chi connectivity index (χ3n) is 15.7. The monoisotopic (exact) mass is 1160 g/mol. The number of benzene rings is 8. The number of pyridine rings is 1. The first-order chi connectivity index (χ1) is 37.0. The topological polar surface area (TPSA) is 50.9 Å². The minimum absolute atomic E-state index is 0. The third-order valence-corrected chi connectivity index (χ3v) is 15.7. The number of aromatic nitrogens is 3. The van der Waals surface area contributed by atoms with Crippen molar-refractivity contribution in [3.63, 3.8) is 0 Å². The van der Waals surface area contributed by atoms with Gasteiger partial charge in [-0.1, -0.05) is 216 Å². The van der Waals surface area contributed by atoms with E-state index in [1.807, 2.05) is 79.0 Å². The van der Waals surface area contributed by atoms with Crippen LogP contribution in [0.5, 0.6) is 5.75 Å². The second-order valence-electron chi connectivity index (χ2n) is 21.7. The van der Waals surface area contributed by atoms with Crippen LogP contribution < -0.4 is 0 Å². The smallest absolute Gasteiger partial charge is 0.148 e. The van der Waals surface area contributed by atoms with Gasteiger partial charge in [-0.15, -0.1) is 29.3 Å². The molecule has 1 N–H and O–H groups in total. The fraction of sp³-hybridized carbons (Fsp3) is 0.229. The molecule has 376 valence electrons. The molecule has 4 nitrogen and oxygen atoms in total. The summed E-state index contributed by atoms with van der Waals surface area (Å²) in [7, 11) is 0. The maximum Gasteiger partial charge on any atom is 0.148 e. The van der Waals surface area contributed by atoms with Gasteiger partial charge in [0.2, 0.25) is 0 Å². The van der Waals surface area contributed by atoms with E-state index in [9.17, 15) is 7.85 Å². The molecule has 0 bridgehead atoms. The van der Waals surface area contributed by atoms with Crippen molar-refractivity contribution in [2.45, 2.75) is 96.3 Å². The van der Waals surface area contributed by atoms with Gasteiger partial charge in [0.1, 0.15) is 11.6 Å². The van der Waals surface area contributed by atoms with Crippen LogP contribution >= 0.6 is 0 Å². The Morgan fingerprint density at radius 3 is 1.88 bits per heavy atom. The number of nitrogens with zero attached hydrogens (tertiary/aromatic N) is 3. The molecule has 2 fully saturated rings. The molecule has 0 unspecified atom stereocenters. The van der Waals surface area contributed by atoms with E-state index >= 15 is 0 Å². The van der Waals surface area contributed by atoms with Gasteiger partial charge in [0.15, 0.2) is 0 Å². The summed E-state index contributed by atoms with van der Waals surface area (Å²) in [5.74, 6) is 1.29. The van der Waals surface area contributed by atoms with Crippen LogP contribution in [0.15, 0.2) is 194 Å². The number of fused-ring (bicyclic) bond motifs is 1. The summed E-state index contributed by atoms with van der Waals surface area (Å²) in [5, 5.41) is 12.9. The summed E-state index contributed by atoms with van der Waals surface area (Å²) in [6.45, 7) is 6.74. The molecular formula is C70H64N3OPt-. The predicted octanol–water partition coefficient (Wildman–Crippen LogP) is 18.7. The van der Waals surface area contributed by atoms with Crippen molar-refractivity contribution in [3.05, 3.63) is 217 Å². The maximum absolute atomic E-state index is 12.9. The van der Waals surface area contributed by atoms with Crippen LogP contribution in [0.2, 0.25) is 0 Å². The van der Waals surface area contributed by atoms with Crippen LogP contribution in [0.3, 0.4) is 0 Å². The van der Waals surface area contributed by atoms with Crippen molar-refractivity contribution in [2.24, 2.45) is 5.92 Å². The fourth-order valence-corrected chi connectivity index (χ4v) is 11.6. The Kier molecular flexibility index (Phi) is 13.7. The molecule has 8 aromatic carbocycles. The van der Waals surface area contributed by atoms with Crippen molar-refractivity contribution >= 4 is 11.0 Å². The zero-order chi connectivity index (χ0) is 52.0. The first-order valence-corrected chi connectivity index (χ1v) is 26.8. The van der Waals surface area contributed by atoms with Crippen LogP contribution in [-0.2, 0) is 32.9 Å². The second-order valence-corrected chi connectivity index (χ2v) is 21.7. The number of hydrogen-bond acceptors (Lipinski definition) is 3. The summed E-state index contributed by atoms with van der Waals surface area (Å²) in [5.41, 5.74) is 17.3. The van der Waals surface area contributed by atoms with E-state index in [-0.39, 0.29) is 38.1 Å². The zero-order valence-corrected chi connectivity index (χ0v) is 45.4. The predicted molar refractivity (Wildman–Crippen MR) is 308 cm³/mol. The van der Waals surface area contributed by atoms with Crippen molar-refractivity contribution in [1.82, 2.24) is 14.5 Å². The van der Waals surface area contributed by atoms with Crippen molar-refractivity contribution in [1.29, 1.82) is 0 Å². The Balaban J connectivity index is 0.00000631. The largest absolute Gasteiger partial charge is 0.507 e. The first-order valence-electron chi connectivity index (χ1n) is 27.8. The number of hydrogen-bond donors (Lipinski definition) is 1. The van der Waals surface area contributed by atoms with Crippen molar-refractivity contribution in [3.8, 4) is 89.7 Å². The Morgan fingerprint density at radius 1 is 0.560 bits per heavy atom. The molecule has 2 aliphatic rings. The molecule has 2 saturated carbocycles. The molecular weight excluding hydrogens is 1090 g/mol. The number of phenols is 1. The van der Waals surface area contributed by atoms with Crippen LogP contribution in [0.4, 0.5) is 0 Å². The molecule has 5 heteroatoms. The van der Waals surface area contributed by atoms with Gasteiger partial charge in [0.25, 0.3) is 0 Å². The summed E-state index contributed by atoms with van der Waals surface area (Å²) in [6.07, 6.45) is 10.8. The number of phenolic OH excluding ortho intramolecular Hbond substituents is 1. The van der Waals surface area contributed by atoms with E-state index < -0.39 is 6.37 Å². The van der Waals surface area contributed by atoms with Gasteiger partial charge in [-0.05, 0) is 117 Å². The van der Waals surface area contributed by atoms with Crippen LogP contribution in [0.1, 0.15) is 104 Å². The summed E-state index contributed by atoms with van der Waals surface area (Å²) in [4.78, 5) is 10.7. The molecule has 0 atom stereocenters. The number of para-hydroxylation sites is 1. The van der Waals surface area contributed by atoms with Gasteiger partial charge in [-0.25, -0.2) is 4.98 Å². The van der Waals surface area contributed by atoms with Crippen LogP contribution in [0, 0.1) is 12.0 Å². The van der Waals surface area contributed by atoms with Gasteiger partial charge in [-0.2, -0.15) is 0 Å². The van der Waals surface area contributed by atoms with Gasteiger partial charge >= 0.3 is 0 Å². The van der Waals surface area contributed by atoms with Crippen LogP contribution in [-0.4, -0.2) is 19.6 Å². The molecule has 75 heavy (non-hydrogen) atoms. The molecule has 10 aromatic rings. The fourth-order valence-electron chi connectivity index (χ4n) is 11.6. The molecule has 2 heterocycles. The summed E-state index contributed by atoms with van der Waals surface area (Å²) >= 11 is 0. The quantitative estimate of drug-likeness (QED) is 0.131. The van der Waals surface area contributed by atoms with E-state index in [1.54, 1.807) is 0 Å². The molecule has 2 aromatic heterocycles. The second kappa shape index (κ2) is 21.6. The molecule has 0 spiro atoms. The Bertz CT molecular complexity index is 3700. The Hall–Kier alpha value is -7.13. The van der Waals surface area contributed by atoms with E-state index in [2.05, 4.69) is 147 Å². The molecule has 12 rings (SSSR count). The minimum atomic E-state index is -1.52. The van der Waals surface area contributed by atoms with Crippen molar-refractivity contribution < 1.29 is 28.9 Å². The third kappa shape index (κ3) is 10.4. The summed E-state index contributed by atoms with van der Waals surface area (Å²) < 4.78 is 21.4. The standard InChI is InChI=1S/C70H64N3O.Pt/c1-70(2,3)59-42-57(41-58(43-59)64-46-55(37-38-71-64)52-34-32-51(33-35-52)49-21-8-4-9-22-49)60-29-18-30-66-67(60)72-69(63-45-56(50-23-10-5-11-24-50)44-62(68(63)74)54-27-14-7-15-28-54)73(66)65-36-31-48(39-47-19-16-17-20-47)40-61(65)53-25-12-6-13-26-53;/h5-7,10-15,18,23-38,40,42-47,49,74H,4,8-9,16-17,19-22,39H2,1-3H3;/q-1;/i39D2;. The molecule has 0 radical (unpaired) electrons. The van der Waals surface area contributed by atoms with Gasteiger partial charge in [0, 0.05) is 46.8 Å². The minimum Gasteiger partial charge on any atom is -0.507 e. The SMILES string of the molecule is [2H]C([2H])(c1ccc(-n2c(-c3cc(-c4ccccc4)cc(-c4ccccc4)c3O)nc3c(-c4[c-]c(-c5cc(-c6ccc(C7CCCCC7)cc6)ccn5)cc(C(C)(C)C)c4)cccc32)c(-c2ccccc2)c1)C1CCCC1.[Pt]. The van der Waals surface area contributed by atoms with E-state index in [0.717, 1.165) is 104 Å². The van der Waals surface area contributed by atoms with E-state index in [4.69, 9.17) is 9.97 Å². The molecule has 0 aliphatic heterocycles. The van der Waals surface area contributed by atoms with Gasteiger partial charge in [-0.3, -0.25) is 9.55 Å². The molecule has 0 saturated heterocycles. The molecule has 2 aliphatic carbocycles. The van der Waals surface area contributed by atoms with Gasteiger partial charge in [0.05, 0.1) is 22.3 Å². The molecule has 0 amide bonds. The Labute approximate surface area is 460 Å². The number of imidazole rings is 1. The van der Waals surface area contributed by atoms with Gasteiger partial charge < -0.3 is 5.11 Å². The number of aromatic hydroxyl groups is 1. The summed E-state index contributed by atoms with van der Waals surface area (Å²) in [6, 6.07) is 69.2. The normalized spacial score (nSPS) is 14.9. The average Bonchev–Trinajstić information content (AvgIpc) is 4.19.